The molecule has 3 aromatic heterocycles. The molecule has 8 nitrogen and oxygen atoms in total. The summed E-state index contributed by atoms with van der Waals surface area (Å²) < 4.78 is 28.1. The van der Waals surface area contributed by atoms with Crippen LogP contribution in [0.3, 0.4) is 0 Å². The van der Waals surface area contributed by atoms with E-state index in [1.54, 1.807) is 4.90 Å². The van der Waals surface area contributed by atoms with Crippen LogP contribution in [0.15, 0.2) is 24.7 Å². The number of alkyl halides is 2. The summed E-state index contributed by atoms with van der Waals surface area (Å²) in [7, 11) is 0. The number of aromatic nitrogens is 5. The number of carbonyl (C=O) groups is 1. The molecule has 1 saturated heterocycles. The summed E-state index contributed by atoms with van der Waals surface area (Å²) in [4.78, 5) is 26.0. The van der Waals surface area contributed by atoms with Crippen LogP contribution in [0.5, 0.6) is 5.88 Å². The Bertz CT molecular complexity index is 1080. The maximum absolute atomic E-state index is 13.3. The summed E-state index contributed by atoms with van der Waals surface area (Å²) in [5, 5.41) is 13.6. The number of fused-ring (bicyclic) bond motifs is 1. The highest BCUT2D eigenvalue weighted by Crippen LogP contribution is 2.34. The van der Waals surface area contributed by atoms with Crippen LogP contribution in [0.4, 0.5) is 8.78 Å². The molecule has 1 aliphatic heterocycles. The minimum atomic E-state index is -2.74. The lowest BCUT2D eigenvalue weighted by Gasteiger charge is -2.37. The highest BCUT2D eigenvalue weighted by atomic mass is 35.5. The summed E-state index contributed by atoms with van der Waals surface area (Å²) in [6, 6.07) is 2.69. The Hall–Kier alpha value is -2.88. The minimum Gasteiger partial charge on any atom is -0.492 e. The Morgan fingerprint density at radius 3 is 2.86 bits per heavy atom. The minimum absolute atomic E-state index is 0.0159. The third kappa shape index (κ3) is 3.59. The van der Waals surface area contributed by atoms with Crippen LogP contribution in [0.2, 0.25) is 5.02 Å². The van der Waals surface area contributed by atoms with Gasteiger partial charge >= 0.3 is 0 Å². The lowest BCUT2D eigenvalue weighted by Crippen LogP contribution is -2.42. The standard InChI is InChI=1S/C18H17ClF2N6O2/c1-9-2-3-26(17(29)10-4-12(19)16(28)22-6-10)7-11(9)14-5-13(15(20)21)25-18-23-8-24-27(14)18/h4-6,8-9,11,15H,2-3,7H2,1H3,(H,22,28)/t9-,11-/m1/s1. The van der Waals surface area contributed by atoms with Crippen molar-refractivity contribution in [1.82, 2.24) is 29.5 Å². The zero-order valence-corrected chi connectivity index (χ0v) is 16.1. The maximum Gasteiger partial charge on any atom is 0.280 e. The quantitative estimate of drug-likeness (QED) is 0.696. The number of halogens is 3. The van der Waals surface area contributed by atoms with Crippen LogP contribution >= 0.6 is 11.6 Å². The molecule has 0 spiro atoms. The highest BCUT2D eigenvalue weighted by Gasteiger charge is 2.33. The smallest absolute Gasteiger partial charge is 0.280 e. The average Bonchev–Trinajstić information content (AvgIpc) is 3.18. The largest absolute Gasteiger partial charge is 0.492 e. The third-order valence-electron chi connectivity index (χ3n) is 5.22. The predicted molar refractivity (Wildman–Crippen MR) is 99.1 cm³/mol. The van der Waals surface area contributed by atoms with Gasteiger partial charge in [-0.25, -0.2) is 23.3 Å². The molecule has 152 valence electrons. The first-order chi connectivity index (χ1) is 13.8. The first kappa shape index (κ1) is 19.4. The molecule has 11 heteroatoms. The number of pyridine rings is 1. The van der Waals surface area contributed by atoms with Gasteiger partial charge < -0.3 is 10.0 Å². The molecule has 4 heterocycles. The second kappa shape index (κ2) is 7.51. The lowest BCUT2D eigenvalue weighted by molar-refractivity contribution is 0.0665. The number of nitrogens with zero attached hydrogens (tertiary/aromatic N) is 6. The van der Waals surface area contributed by atoms with Gasteiger partial charge in [0.2, 0.25) is 5.88 Å². The van der Waals surface area contributed by atoms with E-state index in [2.05, 4.69) is 20.1 Å². The molecule has 0 radical (unpaired) electrons. The van der Waals surface area contributed by atoms with Crippen molar-refractivity contribution in [2.75, 3.05) is 13.1 Å². The number of rotatable bonds is 3. The number of aromatic hydroxyl groups is 1. The molecule has 1 N–H and O–H groups in total. The van der Waals surface area contributed by atoms with E-state index in [1.807, 2.05) is 6.92 Å². The highest BCUT2D eigenvalue weighted by molar-refractivity contribution is 6.32. The van der Waals surface area contributed by atoms with E-state index in [0.29, 0.717) is 25.2 Å². The Morgan fingerprint density at radius 1 is 1.34 bits per heavy atom. The van der Waals surface area contributed by atoms with Crippen molar-refractivity contribution in [3.8, 4) is 5.88 Å². The average molecular weight is 423 g/mol. The fourth-order valence-electron chi connectivity index (χ4n) is 3.60. The molecule has 2 atom stereocenters. The molecular weight excluding hydrogens is 406 g/mol. The Labute approximate surface area is 169 Å². The Morgan fingerprint density at radius 2 is 2.14 bits per heavy atom. The molecule has 0 unspecified atom stereocenters. The zero-order valence-electron chi connectivity index (χ0n) is 15.3. The number of piperidine rings is 1. The van der Waals surface area contributed by atoms with Gasteiger partial charge in [-0.05, 0) is 24.5 Å². The molecule has 4 rings (SSSR count). The van der Waals surface area contributed by atoms with Gasteiger partial charge in [0, 0.05) is 25.2 Å². The molecule has 1 amide bonds. The summed E-state index contributed by atoms with van der Waals surface area (Å²) >= 11 is 5.86. The monoisotopic (exact) mass is 422 g/mol. The van der Waals surface area contributed by atoms with Crippen LogP contribution in [-0.4, -0.2) is 53.6 Å². The van der Waals surface area contributed by atoms with Crippen molar-refractivity contribution >= 4 is 23.3 Å². The van der Waals surface area contributed by atoms with Crippen LogP contribution in [-0.2, 0) is 0 Å². The molecular formula is C18H17ClF2N6O2. The first-order valence-electron chi connectivity index (χ1n) is 8.97. The van der Waals surface area contributed by atoms with Crippen LogP contribution in [0.25, 0.3) is 5.78 Å². The van der Waals surface area contributed by atoms with Gasteiger partial charge in [-0.2, -0.15) is 10.1 Å². The van der Waals surface area contributed by atoms with Gasteiger partial charge in [0.1, 0.15) is 17.0 Å². The number of hydrogen-bond acceptors (Lipinski definition) is 6. The van der Waals surface area contributed by atoms with E-state index < -0.39 is 6.43 Å². The van der Waals surface area contributed by atoms with Crippen molar-refractivity contribution in [2.24, 2.45) is 5.92 Å². The van der Waals surface area contributed by atoms with Crippen molar-refractivity contribution in [3.63, 3.8) is 0 Å². The van der Waals surface area contributed by atoms with E-state index >= 15 is 0 Å². The Kier molecular flexibility index (Phi) is 5.03. The van der Waals surface area contributed by atoms with Crippen LogP contribution in [0, 0.1) is 5.92 Å². The third-order valence-corrected chi connectivity index (χ3v) is 5.50. The fraction of sp³-hybridized carbons (Fsp3) is 0.389. The van der Waals surface area contributed by atoms with Crippen molar-refractivity contribution in [1.29, 1.82) is 0 Å². The topological polar surface area (TPSA) is 96.5 Å². The molecule has 29 heavy (non-hydrogen) atoms. The van der Waals surface area contributed by atoms with Gasteiger partial charge in [-0.3, -0.25) is 4.79 Å². The SMILES string of the molecule is C[C@@H]1CCN(C(=O)c2cnc(O)c(Cl)c2)C[C@H]1c1cc(C(F)F)nc2ncnn12. The van der Waals surface area contributed by atoms with Gasteiger partial charge in [0.15, 0.2) is 0 Å². The fourth-order valence-corrected chi connectivity index (χ4v) is 3.77. The van der Waals surface area contributed by atoms with Gasteiger partial charge in [0.25, 0.3) is 18.1 Å². The molecule has 0 aliphatic carbocycles. The summed E-state index contributed by atoms with van der Waals surface area (Å²) in [5.74, 6) is -0.658. The van der Waals surface area contributed by atoms with E-state index in [9.17, 15) is 18.7 Å². The summed E-state index contributed by atoms with van der Waals surface area (Å²) in [5.41, 5.74) is 0.412. The second-order valence-corrected chi connectivity index (χ2v) is 7.44. The lowest BCUT2D eigenvalue weighted by atomic mass is 9.84. The van der Waals surface area contributed by atoms with Gasteiger partial charge in [0.05, 0.1) is 11.3 Å². The van der Waals surface area contributed by atoms with Gasteiger partial charge in [-0.15, -0.1) is 0 Å². The van der Waals surface area contributed by atoms with E-state index in [4.69, 9.17) is 11.6 Å². The number of amides is 1. The first-order valence-corrected chi connectivity index (χ1v) is 9.35. The van der Waals surface area contributed by atoms with Gasteiger partial charge in [-0.1, -0.05) is 18.5 Å². The van der Waals surface area contributed by atoms with E-state index in [1.165, 1.54) is 29.2 Å². The molecule has 3 aromatic rings. The number of hydrogen-bond donors (Lipinski definition) is 1. The normalized spacial score (nSPS) is 19.8. The van der Waals surface area contributed by atoms with Crippen LogP contribution in [0.1, 0.15) is 47.4 Å². The molecule has 1 aliphatic rings. The molecule has 1 fully saturated rings. The number of carbonyl (C=O) groups excluding carboxylic acids is 1. The second-order valence-electron chi connectivity index (χ2n) is 7.03. The zero-order chi connectivity index (χ0) is 20.7. The van der Waals surface area contributed by atoms with Crippen molar-refractivity contribution in [3.05, 3.63) is 46.6 Å². The molecule has 0 aromatic carbocycles. The van der Waals surface area contributed by atoms with Crippen LogP contribution < -0.4 is 0 Å². The summed E-state index contributed by atoms with van der Waals surface area (Å²) in [6.07, 6.45) is 0.463. The van der Waals surface area contributed by atoms with E-state index in [-0.39, 0.29) is 45.7 Å². The summed E-state index contributed by atoms with van der Waals surface area (Å²) in [6.45, 7) is 2.82. The molecule has 0 bridgehead atoms. The predicted octanol–water partition coefficient (Wildman–Crippen LogP) is 3.08. The Balaban J connectivity index is 1.68. The number of likely N-dealkylation sites (tertiary alicyclic amines) is 1. The van der Waals surface area contributed by atoms with Crippen molar-refractivity contribution < 1.29 is 18.7 Å². The van der Waals surface area contributed by atoms with E-state index in [0.717, 1.165) is 0 Å². The molecule has 0 saturated carbocycles. The van der Waals surface area contributed by atoms with Crippen molar-refractivity contribution in [2.45, 2.75) is 25.7 Å². The maximum atomic E-state index is 13.3.